The number of amides is 3. The van der Waals surface area contributed by atoms with Crippen molar-refractivity contribution < 1.29 is 23.9 Å². The Bertz CT molecular complexity index is 1140. The highest BCUT2D eigenvalue weighted by molar-refractivity contribution is 6.21. The Morgan fingerprint density at radius 1 is 0.774 bits per heavy atom. The average molecular weight is 414 g/mol. The lowest BCUT2D eigenvalue weighted by atomic mass is 10.1. The Labute approximate surface area is 178 Å². The Balaban J connectivity index is 1.39. The van der Waals surface area contributed by atoms with E-state index in [0.29, 0.717) is 22.4 Å². The van der Waals surface area contributed by atoms with Gasteiger partial charge >= 0.3 is 5.97 Å². The van der Waals surface area contributed by atoms with Gasteiger partial charge in [0, 0.05) is 5.56 Å². The fraction of sp³-hybridized carbons (Fsp3) is 0.0833. The predicted molar refractivity (Wildman–Crippen MR) is 113 cm³/mol. The molecule has 0 aliphatic carbocycles. The van der Waals surface area contributed by atoms with Crippen LogP contribution in [-0.4, -0.2) is 41.7 Å². The highest BCUT2D eigenvalue weighted by Crippen LogP contribution is 2.22. The highest BCUT2D eigenvalue weighted by Gasteiger charge is 2.34. The first-order valence-electron chi connectivity index (χ1n) is 9.64. The Morgan fingerprint density at radius 2 is 1.35 bits per heavy atom. The van der Waals surface area contributed by atoms with Gasteiger partial charge in [0.25, 0.3) is 17.7 Å². The summed E-state index contributed by atoms with van der Waals surface area (Å²) in [4.78, 5) is 50.8. The van der Waals surface area contributed by atoms with Gasteiger partial charge in [-0.2, -0.15) is 0 Å². The molecule has 0 radical (unpaired) electrons. The molecule has 7 heteroatoms. The van der Waals surface area contributed by atoms with Crippen molar-refractivity contribution >= 4 is 29.4 Å². The van der Waals surface area contributed by atoms with Gasteiger partial charge in [0.2, 0.25) is 0 Å². The second-order valence-corrected chi connectivity index (χ2v) is 6.81. The number of carbonyl (C=O) groups is 4. The van der Waals surface area contributed by atoms with E-state index in [9.17, 15) is 19.2 Å². The molecule has 1 aliphatic rings. The third-order valence-electron chi connectivity index (χ3n) is 4.86. The number of rotatable bonds is 6. The smallest absolute Gasteiger partial charge is 0.340 e. The van der Waals surface area contributed by atoms with Gasteiger partial charge in [0.1, 0.15) is 6.61 Å². The van der Waals surface area contributed by atoms with Gasteiger partial charge in [-0.05, 0) is 36.4 Å². The van der Waals surface area contributed by atoms with Gasteiger partial charge in [0.15, 0.2) is 0 Å². The average Bonchev–Trinajstić information content (AvgIpc) is 3.05. The molecule has 7 nitrogen and oxygen atoms in total. The SMILES string of the molecule is O=C(Nc1ccccc1C(=O)OCCN1C(=O)c2ccccc2C1=O)c1ccccc1. The fourth-order valence-corrected chi connectivity index (χ4v) is 3.30. The minimum Gasteiger partial charge on any atom is -0.460 e. The first-order valence-corrected chi connectivity index (χ1v) is 9.64. The van der Waals surface area contributed by atoms with E-state index in [-0.39, 0.29) is 24.6 Å². The Hall–Kier alpha value is -4.26. The van der Waals surface area contributed by atoms with Gasteiger partial charge < -0.3 is 10.1 Å². The minimum absolute atomic E-state index is 0.0589. The standard InChI is InChI=1S/C24H18N2O5/c27-21(16-8-2-1-3-9-16)25-20-13-7-6-12-19(20)24(30)31-15-14-26-22(28)17-10-4-5-11-18(17)23(26)29/h1-13H,14-15H2,(H,25,27). The van der Waals surface area contributed by atoms with Crippen LogP contribution >= 0.6 is 0 Å². The molecule has 0 fully saturated rings. The van der Waals surface area contributed by atoms with E-state index in [1.54, 1.807) is 72.8 Å². The van der Waals surface area contributed by atoms with Crippen LogP contribution in [0.1, 0.15) is 41.4 Å². The molecule has 154 valence electrons. The van der Waals surface area contributed by atoms with Crippen molar-refractivity contribution in [3.05, 3.63) is 101 Å². The van der Waals surface area contributed by atoms with E-state index in [2.05, 4.69) is 5.32 Å². The van der Waals surface area contributed by atoms with Gasteiger partial charge in [0.05, 0.1) is 28.9 Å². The van der Waals surface area contributed by atoms with Crippen molar-refractivity contribution in [1.82, 2.24) is 4.90 Å². The number of hydrogen-bond donors (Lipinski definition) is 1. The lowest BCUT2D eigenvalue weighted by Crippen LogP contribution is -2.33. The van der Waals surface area contributed by atoms with Crippen LogP contribution in [0.25, 0.3) is 0 Å². The van der Waals surface area contributed by atoms with Crippen molar-refractivity contribution in [2.45, 2.75) is 0 Å². The van der Waals surface area contributed by atoms with Gasteiger partial charge in [-0.3, -0.25) is 19.3 Å². The summed E-state index contributed by atoms with van der Waals surface area (Å²) >= 11 is 0. The third-order valence-corrected chi connectivity index (χ3v) is 4.86. The number of anilines is 1. The first-order chi connectivity index (χ1) is 15.1. The molecule has 0 aromatic heterocycles. The number of para-hydroxylation sites is 1. The van der Waals surface area contributed by atoms with E-state index in [0.717, 1.165) is 4.90 Å². The number of fused-ring (bicyclic) bond motifs is 1. The van der Waals surface area contributed by atoms with Crippen LogP contribution in [0.4, 0.5) is 5.69 Å². The van der Waals surface area contributed by atoms with Gasteiger partial charge in [-0.1, -0.05) is 42.5 Å². The molecule has 1 aliphatic heterocycles. The van der Waals surface area contributed by atoms with Crippen LogP contribution in [-0.2, 0) is 4.74 Å². The van der Waals surface area contributed by atoms with Crippen molar-refractivity contribution in [3.8, 4) is 0 Å². The summed E-state index contributed by atoms with van der Waals surface area (Å²) in [6.45, 7) is -0.220. The predicted octanol–water partition coefficient (Wildman–Crippen LogP) is 3.39. The van der Waals surface area contributed by atoms with E-state index in [1.165, 1.54) is 6.07 Å². The maximum absolute atomic E-state index is 12.6. The van der Waals surface area contributed by atoms with Crippen LogP contribution in [0.15, 0.2) is 78.9 Å². The quantitative estimate of drug-likeness (QED) is 0.493. The fourth-order valence-electron chi connectivity index (χ4n) is 3.30. The van der Waals surface area contributed by atoms with Crippen molar-refractivity contribution in [2.24, 2.45) is 0 Å². The monoisotopic (exact) mass is 414 g/mol. The van der Waals surface area contributed by atoms with E-state index in [1.807, 2.05) is 0 Å². The third kappa shape index (κ3) is 4.06. The molecular weight excluding hydrogens is 396 g/mol. The van der Waals surface area contributed by atoms with E-state index >= 15 is 0 Å². The van der Waals surface area contributed by atoms with Crippen LogP contribution in [0, 0.1) is 0 Å². The number of esters is 1. The maximum atomic E-state index is 12.6. The first kappa shape index (κ1) is 20.0. The topological polar surface area (TPSA) is 92.8 Å². The summed E-state index contributed by atoms with van der Waals surface area (Å²) in [6, 6.07) is 21.7. The number of carbonyl (C=O) groups excluding carboxylic acids is 4. The number of benzene rings is 3. The van der Waals surface area contributed by atoms with Crippen LogP contribution in [0.5, 0.6) is 0 Å². The summed E-state index contributed by atoms with van der Waals surface area (Å²) < 4.78 is 5.28. The van der Waals surface area contributed by atoms with Crippen LogP contribution in [0.2, 0.25) is 0 Å². The lowest BCUT2D eigenvalue weighted by molar-refractivity contribution is 0.0421. The molecule has 3 aromatic rings. The summed E-state index contributed by atoms with van der Waals surface area (Å²) in [5.41, 5.74) is 1.62. The van der Waals surface area contributed by atoms with Crippen LogP contribution in [0.3, 0.4) is 0 Å². The van der Waals surface area contributed by atoms with E-state index in [4.69, 9.17) is 4.74 Å². The molecule has 0 saturated carbocycles. The highest BCUT2D eigenvalue weighted by atomic mass is 16.5. The molecule has 0 bridgehead atoms. The summed E-state index contributed by atoms with van der Waals surface area (Å²) in [5, 5.41) is 2.71. The second kappa shape index (κ2) is 8.62. The Morgan fingerprint density at radius 3 is 2.03 bits per heavy atom. The normalized spacial score (nSPS) is 12.5. The number of imide groups is 1. The lowest BCUT2D eigenvalue weighted by Gasteiger charge is -2.15. The number of hydrogen-bond acceptors (Lipinski definition) is 5. The molecule has 0 spiro atoms. The molecule has 3 amide bonds. The number of nitrogens with zero attached hydrogens (tertiary/aromatic N) is 1. The molecule has 0 atom stereocenters. The zero-order valence-electron chi connectivity index (χ0n) is 16.4. The largest absolute Gasteiger partial charge is 0.460 e. The van der Waals surface area contributed by atoms with Gasteiger partial charge in [-0.25, -0.2) is 4.79 Å². The summed E-state index contributed by atoms with van der Waals surface area (Å²) in [7, 11) is 0. The zero-order chi connectivity index (χ0) is 21.8. The van der Waals surface area contributed by atoms with Crippen molar-refractivity contribution in [2.75, 3.05) is 18.5 Å². The molecule has 4 rings (SSSR count). The van der Waals surface area contributed by atoms with Crippen LogP contribution < -0.4 is 5.32 Å². The van der Waals surface area contributed by atoms with Crippen molar-refractivity contribution in [3.63, 3.8) is 0 Å². The maximum Gasteiger partial charge on any atom is 0.340 e. The molecule has 3 aromatic carbocycles. The Kier molecular flexibility index (Phi) is 5.57. The molecule has 1 N–H and O–H groups in total. The number of ether oxygens (including phenoxy) is 1. The molecular formula is C24H18N2O5. The number of nitrogens with one attached hydrogen (secondary N) is 1. The van der Waals surface area contributed by atoms with E-state index < -0.39 is 17.8 Å². The summed E-state index contributed by atoms with van der Waals surface area (Å²) in [5.74, 6) is -1.84. The molecule has 31 heavy (non-hydrogen) atoms. The summed E-state index contributed by atoms with van der Waals surface area (Å²) in [6.07, 6.45) is 0. The van der Waals surface area contributed by atoms with Crippen molar-refractivity contribution in [1.29, 1.82) is 0 Å². The minimum atomic E-state index is -0.666. The molecule has 1 heterocycles. The molecule has 0 unspecified atom stereocenters. The molecule has 0 saturated heterocycles. The zero-order valence-corrected chi connectivity index (χ0v) is 16.4. The van der Waals surface area contributed by atoms with Gasteiger partial charge in [-0.15, -0.1) is 0 Å². The second-order valence-electron chi connectivity index (χ2n) is 6.81.